The van der Waals surface area contributed by atoms with Crippen molar-refractivity contribution in [3.63, 3.8) is 0 Å². The molecule has 0 aliphatic rings. The number of carbonyl (C=O) groups excluding carboxylic acids is 2. The summed E-state index contributed by atoms with van der Waals surface area (Å²) in [5.41, 5.74) is 2.92. The molecule has 2 aromatic heterocycles. The average molecular weight is 383 g/mol. The van der Waals surface area contributed by atoms with Gasteiger partial charge in [0.2, 0.25) is 0 Å². The molecule has 0 spiro atoms. The van der Waals surface area contributed by atoms with E-state index in [0.29, 0.717) is 11.3 Å². The van der Waals surface area contributed by atoms with Crippen molar-refractivity contribution in [3.8, 4) is 11.3 Å². The zero-order chi connectivity index (χ0) is 20.2. The van der Waals surface area contributed by atoms with Crippen LogP contribution in [0.4, 0.5) is 5.82 Å². The number of pyridine rings is 2. The van der Waals surface area contributed by atoms with Gasteiger partial charge in [0.05, 0.1) is 23.9 Å². The fraction of sp³-hybridized carbons (Fsp3) is 0.0435. The maximum absolute atomic E-state index is 13.1. The number of rotatable bonds is 4. The third-order valence-corrected chi connectivity index (χ3v) is 4.42. The Bertz CT molecular complexity index is 1210. The highest BCUT2D eigenvalue weighted by atomic mass is 16.5. The van der Waals surface area contributed by atoms with E-state index >= 15 is 0 Å². The van der Waals surface area contributed by atoms with Gasteiger partial charge in [-0.15, -0.1) is 0 Å². The summed E-state index contributed by atoms with van der Waals surface area (Å²) < 4.78 is 4.68. The Labute approximate surface area is 167 Å². The number of hydrogen-bond acceptors (Lipinski definition) is 5. The molecular weight excluding hydrogens is 366 g/mol. The Morgan fingerprint density at radius 3 is 2.41 bits per heavy atom. The monoisotopic (exact) mass is 383 g/mol. The van der Waals surface area contributed by atoms with Crippen molar-refractivity contribution in [2.45, 2.75) is 0 Å². The van der Waals surface area contributed by atoms with Gasteiger partial charge in [-0.3, -0.25) is 4.79 Å². The van der Waals surface area contributed by atoms with E-state index < -0.39 is 5.97 Å². The number of fused-ring (bicyclic) bond motifs is 1. The van der Waals surface area contributed by atoms with Crippen LogP contribution >= 0.6 is 0 Å². The van der Waals surface area contributed by atoms with Crippen LogP contribution in [0, 0.1) is 0 Å². The molecule has 4 rings (SSSR count). The van der Waals surface area contributed by atoms with Gasteiger partial charge in [-0.1, -0.05) is 54.6 Å². The second-order valence-corrected chi connectivity index (χ2v) is 6.29. The lowest BCUT2D eigenvalue weighted by Crippen LogP contribution is -2.15. The Morgan fingerprint density at radius 2 is 1.62 bits per heavy atom. The van der Waals surface area contributed by atoms with Crippen molar-refractivity contribution < 1.29 is 14.3 Å². The van der Waals surface area contributed by atoms with E-state index in [1.807, 2.05) is 54.6 Å². The summed E-state index contributed by atoms with van der Waals surface area (Å²) in [5.74, 6) is -0.642. The normalized spacial score (nSPS) is 10.5. The molecule has 0 aliphatic heterocycles. The van der Waals surface area contributed by atoms with Gasteiger partial charge < -0.3 is 10.1 Å². The van der Waals surface area contributed by atoms with Crippen molar-refractivity contribution in [1.29, 1.82) is 0 Å². The minimum atomic E-state index is -0.568. The van der Waals surface area contributed by atoms with Crippen LogP contribution in [-0.4, -0.2) is 29.0 Å². The third-order valence-electron chi connectivity index (χ3n) is 4.42. The zero-order valence-electron chi connectivity index (χ0n) is 15.6. The van der Waals surface area contributed by atoms with Crippen molar-refractivity contribution in [1.82, 2.24) is 9.97 Å². The standard InChI is InChI=1S/C23H17N3O3/c1-29-23(28)19-12-7-13-21(25-19)26-22(27)17-14-20(15-8-3-2-4-9-15)24-18-11-6-5-10-16(17)18/h2-14H,1H3,(H,25,26,27). The second kappa shape index (κ2) is 7.90. The molecule has 4 aromatic rings. The minimum absolute atomic E-state index is 0.120. The molecule has 6 nitrogen and oxygen atoms in total. The molecule has 0 unspecified atom stereocenters. The first kappa shape index (κ1) is 18.3. The molecule has 0 bridgehead atoms. The summed E-state index contributed by atoms with van der Waals surface area (Å²) >= 11 is 0. The van der Waals surface area contributed by atoms with Crippen LogP contribution in [0.15, 0.2) is 78.9 Å². The molecule has 0 saturated heterocycles. The van der Waals surface area contributed by atoms with Gasteiger partial charge in [0.25, 0.3) is 5.91 Å². The number of amides is 1. The van der Waals surface area contributed by atoms with Crippen molar-refractivity contribution in [2.24, 2.45) is 0 Å². The number of carbonyl (C=O) groups is 2. The van der Waals surface area contributed by atoms with Crippen LogP contribution in [0.3, 0.4) is 0 Å². The lowest BCUT2D eigenvalue weighted by Gasteiger charge is -2.11. The highest BCUT2D eigenvalue weighted by molar-refractivity contribution is 6.12. The average Bonchev–Trinajstić information content (AvgIpc) is 2.78. The summed E-state index contributed by atoms with van der Waals surface area (Å²) in [6.07, 6.45) is 0. The highest BCUT2D eigenvalue weighted by Crippen LogP contribution is 2.25. The SMILES string of the molecule is COC(=O)c1cccc(NC(=O)c2cc(-c3ccccc3)nc3ccccc23)n1. The van der Waals surface area contributed by atoms with E-state index in [1.54, 1.807) is 18.2 Å². The Balaban J connectivity index is 1.75. The number of ether oxygens (including phenoxy) is 1. The second-order valence-electron chi connectivity index (χ2n) is 6.29. The molecule has 2 aromatic carbocycles. The quantitative estimate of drug-likeness (QED) is 0.530. The van der Waals surface area contributed by atoms with E-state index in [0.717, 1.165) is 16.5 Å². The summed E-state index contributed by atoms with van der Waals surface area (Å²) in [4.78, 5) is 33.6. The summed E-state index contributed by atoms with van der Waals surface area (Å²) in [6.45, 7) is 0. The van der Waals surface area contributed by atoms with Gasteiger partial charge >= 0.3 is 5.97 Å². The van der Waals surface area contributed by atoms with E-state index in [4.69, 9.17) is 0 Å². The molecular formula is C23H17N3O3. The maximum atomic E-state index is 13.1. The fourth-order valence-electron chi connectivity index (χ4n) is 3.03. The summed E-state index contributed by atoms with van der Waals surface area (Å²) in [6, 6.07) is 23.7. The molecule has 6 heteroatoms. The third kappa shape index (κ3) is 3.82. The van der Waals surface area contributed by atoms with E-state index in [1.165, 1.54) is 13.2 Å². The number of hydrogen-bond donors (Lipinski definition) is 1. The number of methoxy groups -OCH3 is 1. The van der Waals surface area contributed by atoms with Gasteiger partial charge in [0.15, 0.2) is 5.69 Å². The molecule has 0 atom stereocenters. The van der Waals surface area contributed by atoms with E-state index in [9.17, 15) is 9.59 Å². The Morgan fingerprint density at radius 1 is 0.862 bits per heavy atom. The predicted octanol–water partition coefficient (Wildman–Crippen LogP) is 4.34. The van der Waals surface area contributed by atoms with E-state index in [2.05, 4.69) is 20.0 Å². The lowest BCUT2D eigenvalue weighted by atomic mass is 10.0. The topological polar surface area (TPSA) is 81.2 Å². The van der Waals surface area contributed by atoms with E-state index in [-0.39, 0.29) is 17.4 Å². The van der Waals surface area contributed by atoms with Crippen molar-refractivity contribution in [3.05, 3.63) is 90.1 Å². The van der Waals surface area contributed by atoms with Gasteiger partial charge in [0.1, 0.15) is 5.82 Å². The predicted molar refractivity (Wildman–Crippen MR) is 111 cm³/mol. The molecule has 2 heterocycles. The van der Waals surface area contributed by atoms with Crippen LogP contribution in [0.1, 0.15) is 20.8 Å². The molecule has 0 saturated carbocycles. The smallest absolute Gasteiger partial charge is 0.356 e. The molecule has 1 amide bonds. The van der Waals surface area contributed by atoms with Gasteiger partial charge in [-0.25, -0.2) is 14.8 Å². The van der Waals surface area contributed by atoms with Crippen molar-refractivity contribution in [2.75, 3.05) is 12.4 Å². The van der Waals surface area contributed by atoms with Crippen LogP contribution in [-0.2, 0) is 4.74 Å². The number of anilines is 1. The van der Waals surface area contributed by atoms with Gasteiger partial charge in [0, 0.05) is 10.9 Å². The number of esters is 1. The fourth-order valence-corrected chi connectivity index (χ4v) is 3.03. The molecule has 29 heavy (non-hydrogen) atoms. The molecule has 142 valence electrons. The van der Waals surface area contributed by atoms with Gasteiger partial charge in [-0.05, 0) is 24.3 Å². The number of benzene rings is 2. The maximum Gasteiger partial charge on any atom is 0.356 e. The lowest BCUT2D eigenvalue weighted by molar-refractivity contribution is 0.0594. The largest absolute Gasteiger partial charge is 0.464 e. The molecule has 0 aliphatic carbocycles. The van der Waals surface area contributed by atoms with Crippen molar-refractivity contribution >= 4 is 28.6 Å². The molecule has 0 radical (unpaired) electrons. The number of aromatic nitrogens is 2. The first-order valence-corrected chi connectivity index (χ1v) is 8.97. The highest BCUT2D eigenvalue weighted by Gasteiger charge is 2.15. The molecule has 0 fully saturated rings. The minimum Gasteiger partial charge on any atom is -0.464 e. The van der Waals surface area contributed by atoms with Crippen LogP contribution in [0.2, 0.25) is 0 Å². The summed E-state index contributed by atoms with van der Waals surface area (Å²) in [7, 11) is 1.28. The summed E-state index contributed by atoms with van der Waals surface area (Å²) in [5, 5.41) is 3.49. The Hall–Kier alpha value is -4.06. The number of para-hydroxylation sites is 1. The Kier molecular flexibility index (Phi) is 4.99. The first-order valence-electron chi connectivity index (χ1n) is 8.97. The number of nitrogens with one attached hydrogen (secondary N) is 1. The zero-order valence-corrected chi connectivity index (χ0v) is 15.6. The van der Waals surface area contributed by atoms with Gasteiger partial charge in [-0.2, -0.15) is 0 Å². The first-order chi connectivity index (χ1) is 14.2. The van der Waals surface area contributed by atoms with Crippen LogP contribution in [0.25, 0.3) is 22.2 Å². The van der Waals surface area contributed by atoms with Crippen LogP contribution < -0.4 is 5.32 Å². The number of nitrogens with zero attached hydrogens (tertiary/aromatic N) is 2. The van der Waals surface area contributed by atoms with Crippen LogP contribution in [0.5, 0.6) is 0 Å². The molecule has 1 N–H and O–H groups in total.